The molecule has 0 heterocycles. The SMILES string of the molecule is CC(C)CNC(=O)C(C)NC(=O)c1ccc(Br)cc1N. The fourth-order valence-electron chi connectivity index (χ4n) is 1.54. The van der Waals surface area contributed by atoms with Crippen molar-refractivity contribution in [3.63, 3.8) is 0 Å². The lowest BCUT2D eigenvalue weighted by molar-refractivity contribution is -0.122. The van der Waals surface area contributed by atoms with E-state index in [9.17, 15) is 9.59 Å². The molecule has 0 saturated carbocycles. The number of hydrogen-bond acceptors (Lipinski definition) is 3. The largest absolute Gasteiger partial charge is 0.398 e. The van der Waals surface area contributed by atoms with E-state index in [1.54, 1.807) is 25.1 Å². The third-order valence-corrected chi connectivity index (χ3v) is 3.18. The number of rotatable bonds is 5. The molecule has 4 N–H and O–H groups in total. The van der Waals surface area contributed by atoms with E-state index in [0.29, 0.717) is 23.7 Å². The summed E-state index contributed by atoms with van der Waals surface area (Å²) in [7, 11) is 0. The maximum Gasteiger partial charge on any atom is 0.254 e. The van der Waals surface area contributed by atoms with Crippen LogP contribution in [0.3, 0.4) is 0 Å². The summed E-state index contributed by atoms with van der Waals surface area (Å²) < 4.78 is 0.800. The Bertz CT molecular complexity index is 503. The van der Waals surface area contributed by atoms with Crippen LogP contribution >= 0.6 is 15.9 Å². The van der Waals surface area contributed by atoms with Crippen molar-refractivity contribution >= 4 is 33.4 Å². The number of carbonyl (C=O) groups is 2. The van der Waals surface area contributed by atoms with Crippen LogP contribution in [-0.2, 0) is 4.79 Å². The summed E-state index contributed by atoms with van der Waals surface area (Å²) in [5, 5.41) is 5.40. The third-order valence-electron chi connectivity index (χ3n) is 2.68. The van der Waals surface area contributed by atoms with Crippen molar-refractivity contribution in [3.8, 4) is 0 Å². The molecule has 1 unspecified atom stereocenters. The van der Waals surface area contributed by atoms with Gasteiger partial charge in [-0.05, 0) is 31.0 Å². The van der Waals surface area contributed by atoms with Gasteiger partial charge in [0.15, 0.2) is 0 Å². The van der Waals surface area contributed by atoms with Crippen molar-refractivity contribution < 1.29 is 9.59 Å². The first-order chi connectivity index (χ1) is 9.31. The molecule has 1 rings (SSSR count). The Morgan fingerprint density at radius 1 is 1.30 bits per heavy atom. The molecule has 0 radical (unpaired) electrons. The Morgan fingerprint density at radius 3 is 2.50 bits per heavy atom. The monoisotopic (exact) mass is 341 g/mol. The van der Waals surface area contributed by atoms with E-state index in [1.165, 1.54) is 0 Å². The average molecular weight is 342 g/mol. The molecule has 1 aromatic rings. The highest BCUT2D eigenvalue weighted by Crippen LogP contribution is 2.18. The molecule has 0 saturated heterocycles. The van der Waals surface area contributed by atoms with Gasteiger partial charge in [0.25, 0.3) is 5.91 Å². The first-order valence-corrected chi connectivity index (χ1v) is 7.24. The van der Waals surface area contributed by atoms with E-state index in [-0.39, 0.29) is 11.8 Å². The second-order valence-electron chi connectivity index (χ2n) is 5.07. The van der Waals surface area contributed by atoms with E-state index >= 15 is 0 Å². The van der Waals surface area contributed by atoms with E-state index in [1.807, 2.05) is 13.8 Å². The number of nitrogens with one attached hydrogen (secondary N) is 2. The van der Waals surface area contributed by atoms with E-state index < -0.39 is 6.04 Å². The molecule has 0 fully saturated rings. The van der Waals surface area contributed by atoms with Gasteiger partial charge >= 0.3 is 0 Å². The van der Waals surface area contributed by atoms with Crippen molar-refractivity contribution in [2.45, 2.75) is 26.8 Å². The van der Waals surface area contributed by atoms with Crippen LogP contribution in [0.4, 0.5) is 5.69 Å². The minimum absolute atomic E-state index is 0.206. The van der Waals surface area contributed by atoms with Gasteiger partial charge < -0.3 is 16.4 Å². The zero-order valence-electron chi connectivity index (χ0n) is 11.9. The van der Waals surface area contributed by atoms with Crippen molar-refractivity contribution in [3.05, 3.63) is 28.2 Å². The van der Waals surface area contributed by atoms with Gasteiger partial charge in [0.05, 0.1) is 5.56 Å². The second-order valence-corrected chi connectivity index (χ2v) is 5.98. The quantitative estimate of drug-likeness (QED) is 0.715. The molecule has 1 atom stereocenters. The van der Waals surface area contributed by atoms with Crippen molar-refractivity contribution in [2.75, 3.05) is 12.3 Å². The lowest BCUT2D eigenvalue weighted by atomic mass is 10.1. The maximum absolute atomic E-state index is 12.0. The topological polar surface area (TPSA) is 84.2 Å². The molecule has 0 spiro atoms. The van der Waals surface area contributed by atoms with Gasteiger partial charge in [0, 0.05) is 16.7 Å². The van der Waals surface area contributed by atoms with E-state index in [2.05, 4.69) is 26.6 Å². The Kier molecular flexibility index (Phi) is 6.01. The van der Waals surface area contributed by atoms with Crippen LogP contribution in [0, 0.1) is 5.92 Å². The average Bonchev–Trinajstić information content (AvgIpc) is 2.35. The number of nitrogens with two attached hydrogens (primary N) is 1. The third kappa shape index (κ3) is 4.85. The fraction of sp³-hybridized carbons (Fsp3) is 0.429. The van der Waals surface area contributed by atoms with Gasteiger partial charge in [-0.2, -0.15) is 0 Å². The number of benzene rings is 1. The lowest BCUT2D eigenvalue weighted by Gasteiger charge is -2.16. The second kappa shape index (κ2) is 7.28. The van der Waals surface area contributed by atoms with Crippen molar-refractivity contribution in [1.29, 1.82) is 0 Å². The summed E-state index contributed by atoms with van der Waals surface area (Å²) in [5.41, 5.74) is 6.51. The zero-order chi connectivity index (χ0) is 15.3. The van der Waals surface area contributed by atoms with Gasteiger partial charge in [-0.15, -0.1) is 0 Å². The highest BCUT2D eigenvalue weighted by molar-refractivity contribution is 9.10. The van der Waals surface area contributed by atoms with E-state index in [0.717, 1.165) is 4.47 Å². The zero-order valence-corrected chi connectivity index (χ0v) is 13.5. The Labute approximate surface area is 127 Å². The minimum atomic E-state index is -0.607. The molecule has 1 aromatic carbocycles. The predicted octanol–water partition coefficient (Wildman–Crippen LogP) is 1.92. The van der Waals surface area contributed by atoms with Crippen LogP contribution in [0.25, 0.3) is 0 Å². The predicted molar refractivity (Wildman–Crippen MR) is 83.3 cm³/mol. The van der Waals surface area contributed by atoms with Crippen LogP contribution in [-0.4, -0.2) is 24.4 Å². The molecule has 5 nitrogen and oxygen atoms in total. The van der Waals surface area contributed by atoms with Crippen LogP contribution < -0.4 is 16.4 Å². The van der Waals surface area contributed by atoms with Crippen LogP contribution in [0.5, 0.6) is 0 Å². The molecule has 110 valence electrons. The smallest absolute Gasteiger partial charge is 0.254 e. The molecule has 0 aliphatic carbocycles. The normalized spacial score (nSPS) is 12.1. The number of amides is 2. The number of hydrogen-bond donors (Lipinski definition) is 3. The number of halogens is 1. The summed E-state index contributed by atoms with van der Waals surface area (Å²) >= 11 is 3.28. The van der Waals surface area contributed by atoms with Crippen LogP contribution in [0.15, 0.2) is 22.7 Å². The summed E-state index contributed by atoms with van der Waals surface area (Å²) in [5.74, 6) is -0.200. The minimum Gasteiger partial charge on any atom is -0.398 e. The van der Waals surface area contributed by atoms with Gasteiger partial charge in [-0.25, -0.2) is 0 Å². The van der Waals surface area contributed by atoms with Crippen molar-refractivity contribution in [2.24, 2.45) is 5.92 Å². The highest BCUT2D eigenvalue weighted by Gasteiger charge is 2.18. The molecule has 6 heteroatoms. The van der Waals surface area contributed by atoms with Gasteiger partial charge in [0.2, 0.25) is 5.91 Å². The van der Waals surface area contributed by atoms with Crippen LogP contribution in [0.1, 0.15) is 31.1 Å². The summed E-state index contributed by atoms with van der Waals surface area (Å²) in [4.78, 5) is 23.8. The number of carbonyl (C=O) groups excluding carboxylic acids is 2. The number of anilines is 1. The Balaban J connectivity index is 2.63. The molecular formula is C14H20BrN3O2. The maximum atomic E-state index is 12.0. The van der Waals surface area contributed by atoms with Gasteiger partial charge in [0.1, 0.15) is 6.04 Å². The summed E-state index contributed by atoms with van der Waals surface area (Å²) in [6, 6.07) is 4.39. The molecule has 20 heavy (non-hydrogen) atoms. The fourth-order valence-corrected chi connectivity index (χ4v) is 1.92. The molecule has 2 amide bonds. The standard InChI is InChI=1S/C14H20BrN3O2/c1-8(2)7-17-13(19)9(3)18-14(20)11-5-4-10(15)6-12(11)16/h4-6,8-9H,7,16H2,1-3H3,(H,17,19)(H,18,20). The Hall–Kier alpha value is -1.56. The molecule has 0 aromatic heterocycles. The molecule has 0 bridgehead atoms. The van der Waals surface area contributed by atoms with Crippen LogP contribution in [0.2, 0.25) is 0 Å². The molecule has 0 aliphatic rings. The summed E-state index contributed by atoms with van der Waals surface area (Å²) in [6.45, 7) is 6.24. The first-order valence-electron chi connectivity index (χ1n) is 6.45. The van der Waals surface area contributed by atoms with Gasteiger partial charge in [-0.3, -0.25) is 9.59 Å². The van der Waals surface area contributed by atoms with Crippen molar-refractivity contribution in [1.82, 2.24) is 10.6 Å². The molecule has 0 aliphatic heterocycles. The van der Waals surface area contributed by atoms with E-state index in [4.69, 9.17) is 5.73 Å². The Morgan fingerprint density at radius 2 is 1.95 bits per heavy atom. The number of nitrogen functional groups attached to an aromatic ring is 1. The first kappa shape index (κ1) is 16.5. The molecular weight excluding hydrogens is 322 g/mol. The highest BCUT2D eigenvalue weighted by atomic mass is 79.9. The summed E-state index contributed by atoms with van der Waals surface area (Å²) in [6.07, 6.45) is 0. The lowest BCUT2D eigenvalue weighted by Crippen LogP contribution is -2.45. The van der Waals surface area contributed by atoms with Gasteiger partial charge in [-0.1, -0.05) is 29.8 Å².